The van der Waals surface area contributed by atoms with Crippen molar-refractivity contribution in [1.29, 1.82) is 0 Å². The Kier molecular flexibility index (Phi) is 4.03. The molecule has 0 bridgehead atoms. The molecule has 0 aromatic heterocycles. The van der Waals surface area contributed by atoms with Gasteiger partial charge in [-0.1, -0.05) is 12.1 Å². The minimum Gasteiger partial charge on any atom is -0.465 e. The van der Waals surface area contributed by atoms with Gasteiger partial charge in [-0.05, 0) is 42.0 Å². The molecule has 2 rings (SSSR count). The van der Waals surface area contributed by atoms with E-state index in [0.717, 1.165) is 16.9 Å². The molecule has 0 radical (unpaired) electrons. The van der Waals surface area contributed by atoms with Crippen LogP contribution in [0.1, 0.15) is 15.9 Å². The Bertz CT molecular complexity index is 547. The van der Waals surface area contributed by atoms with Gasteiger partial charge in [0.1, 0.15) is 0 Å². The Hall–Kier alpha value is -2.49. The number of hydrogen-bond acceptors (Lipinski definition) is 4. The van der Waals surface area contributed by atoms with Crippen LogP contribution in [0.15, 0.2) is 48.5 Å². The fraction of sp³-hybridized carbons (Fsp3) is 0.133. The number of ether oxygens (including phenoxy) is 1. The Labute approximate surface area is 112 Å². The van der Waals surface area contributed by atoms with E-state index in [1.54, 1.807) is 12.1 Å². The zero-order valence-electron chi connectivity index (χ0n) is 10.7. The summed E-state index contributed by atoms with van der Waals surface area (Å²) in [6.45, 7) is 0.686. The van der Waals surface area contributed by atoms with Crippen LogP contribution in [0, 0.1) is 0 Å². The second-order valence-electron chi connectivity index (χ2n) is 4.16. The number of nitrogens with one attached hydrogen (secondary N) is 1. The van der Waals surface area contributed by atoms with E-state index in [0.29, 0.717) is 12.1 Å². The van der Waals surface area contributed by atoms with Crippen LogP contribution in [0.4, 0.5) is 11.4 Å². The maximum atomic E-state index is 11.3. The number of methoxy groups -OCH3 is 1. The SMILES string of the molecule is COC(=O)c1ccc(CNc2ccc(N)cc2)cc1. The van der Waals surface area contributed by atoms with Gasteiger partial charge < -0.3 is 15.8 Å². The van der Waals surface area contributed by atoms with Crippen LogP contribution in [0.3, 0.4) is 0 Å². The lowest BCUT2D eigenvalue weighted by molar-refractivity contribution is 0.0600. The number of nitrogens with two attached hydrogens (primary N) is 1. The van der Waals surface area contributed by atoms with Crippen molar-refractivity contribution in [3.8, 4) is 0 Å². The molecule has 0 spiro atoms. The largest absolute Gasteiger partial charge is 0.465 e. The molecule has 2 aromatic rings. The number of nitrogen functional groups attached to an aromatic ring is 1. The molecule has 4 nitrogen and oxygen atoms in total. The van der Waals surface area contributed by atoms with E-state index in [4.69, 9.17) is 5.73 Å². The average molecular weight is 256 g/mol. The standard InChI is InChI=1S/C15H16N2O2/c1-19-15(18)12-4-2-11(3-5-12)10-17-14-8-6-13(16)7-9-14/h2-9,17H,10,16H2,1H3. The number of rotatable bonds is 4. The lowest BCUT2D eigenvalue weighted by Gasteiger charge is -2.07. The second kappa shape index (κ2) is 5.91. The van der Waals surface area contributed by atoms with Gasteiger partial charge in [0, 0.05) is 17.9 Å². The van der Waals surface area contributed by atoms with Gasteiger partial charge in [-0.2, -0.15) is 0 Å². The van der Waals surface area contributed by atoms with Crippen molar-refractivity contribution in [1.82, 2.24) is 0 Å². The lowest BCUT2D eigenvalue weighted by atomic mass is 10.1. The van der Waals surface area contributed by atoms with E-state index in [1.807, 2.05) is 36.4 Å². The maximum Gasteiger partial charge on any atom is 0.337 e. The summed E-state index contributed by atoms with van der Waals surface area (Å²) in [7, 11) is 1.37. The summed E-state index contributed by atoms with van der Waals surface area (Å²) in [6, 6.07) is 14.9. The van der Waals surface area contributed by atoms with Crippen molar-refractivity contribution in [3.63, 3.8) is 0 Å². The molecule has 0 fully saturated rings. The molecule has 19 heavy (non-hydrogen) atoms. The zero-order chi connectivity index (χ0) is 13.7. The number of benzene rings is 2. The highest BCUT2D eigenvalue weighted by Gasteiger charge is 2.03. The quantitative estimate of drug-likeness (QED) is 0.652. The first-order valence-electron chi connectivity index (χ1n) is 5.96. The summed E-state index contributed by atoms with van der Waals surface area (Å²) in [5, 5.41) is 3.28. The van der Waals surface area contributed by atoms with E-state index < -0.39 is 0 Å². The molecule has 0 saturated carbocycles. The number of hydrogen-bond donors (Lipinski definition) is 2. The third-order valence-electron chi connectivity index (χ3n) is 2.78. The van der Waals surface area contributed by atoms with Gasteiger partial charge in [-0.25, -0.2) is 4.79 Å². The van der Waals surface area contributed by atoms with Crippen LogP contribution in [-0.4, -0.2) is 13.1 Å². The van der Waals surface area contributed by atoms with E-state index in [2.05, 4.69) is 10.1 Å². The lowest BCUT2D eigenvalue weighted by Crippen LogP contribution is -2.03. The molecule has 0 aliphatic rings. The highest BCUT2D eigenvalue weighted by molar-refractivity contribution is 5.89. The number of carbonyl (C=O) groups excluding carboxylic acids is 1. The molecular weight excluding hydrogens is 240 g/mol. The first kappa shape index (κ1) is 13.0. The molecule has 98 valence electrons. The van der Waals surface area contributed by atoms with Crippen LogP contribution in [0.2, 0.25) is 0 Å². The summed E-state index contributed by atoms with van der Waals surface area (Å²) in [5.41, 5.74) is 9.01. The smallest absolute Gasteiger partial charge is 0.337 e. The van der Waals surface area contributed by atoms with Gasteiger partial charge in [0.2, 0.25) is 0 Å². The zero-order valence-corrected chi connectivity index (χ0v) is 10.7. The van der Waals surface area contributed by atoms with Crippen LogP contribution in [-0.2, 0) is 11.3 Å². The van der Waals surface area contributed by atoms with E-state index >= 15 is 0 Å². The first-order valence-corrected chi connectivity index (χ1v) is 5.96. The highest BCUT2D eigenvalue weighted by atomic mass is 16.5. The number of esters is 1. The van der Waals surface area contributed by atoms with Crippen molar-refractivity contribution in [2.75, 3.05) is 18.2 Å². The molecule has 0 aliphatic heterocycles. The van der Waals surface area contributed by atoms with Crippen molar-refractivity contribution in [2.45, 2.75) is 6.54 Å². The Morgan fingerprint density at radius 2 is 1.74 bits per heavy atom. The van der Waals surface area contributed by atoms with Crippen LogP contribution in [0.5, 0.6) is 0 Å². The first-order chi connectivity index (χ1) is 9.19. The molecule has 0 aliphatic carbocycles. The van der Waals surface area contributed by atoms with Crippen LogP contribution in [0.25, 0.3) is 0 Å². The van der Waals surface area contributed by atoms with Crippen molar-refractivity contribution in [2.24, 2.45) is 0 Å². The van der Waals surface area contributed by atoms with Crippen molar-refractivity contribution < 1.29 is 9.53 Å². The summed E-state index contributed by atoms with van der Waals surface area (Å²) in [5.74, 6) is -0.321. The summed E-state index contributed by atoms with van der Waals surface area (Å²) in [6.07, 6.45) is 0. The summed E-state index contributed by atoms with van der Waals surface area (Å²) >= 11 is 0. The van der Waals surface area contributed by atoms with Gasteiger partial charge >= 0.3 is 5.97 Å². The summed E-state index contributed by atoms with van der Waals surface area (Å²) in [4.78, 5) is 11.3. The minimum absolute atomic E-state index is 0.321. The number of anilines is 2. The molecule has 0 unspecified atom stereocenters. The van der Waals surface area contributed by atoms with E-state index in [9.17, 15) is 4.79 Å². The predicted octanol–water partition coefficient (Wildman–Crippen LogP) is 2.67. The topological polar surface area (TPSA) is 64.3 Å². The third-order valence-corrected chi connectivity index (χ3v) is 2.78. The molecule has 3 N–H and O–H groups in total. The predicted molar refractivity (Wildman–Crippen MR) is 76.0 cm³/mol. The molecular formula is C15H16N2O2. The molecule has 4 heteroatoms. The summed E-state index contributed by atoms with van der Waals surface area (Å²) < 4.78 is 4.65. The fourth-order valence-corrected chi connectivity index (χ4v) is 1.68. The maximum absolute atomic E-state index is 11.3. The fourth-order valence-electron chi connectivity index (χ4n) is 1.68. The Morgan fingerprint density at radius 3 is 2.32 bits per heavy atom. The molecule has 0 heterocycles. The third kappa shape index (κ3) is 3.48. The molecule has 0 atom stereocenters. The second-order valence-corrected chi connectivity index (χ2v) is 4.16. The molecule has 0 saturated heterocycles. The Balaban J connectivity index is 1.96. The van der Waals surface area contributed by atoms with E-state index in [1.165, 1.54) is 7.11 Å². The molecule has 0 amide bonds. The Morgan fingerprint density at radius 1 is 1.11 bits per heavy atom. The van der Waals surface area contributed by atoms with E-state index in [-0.39, 0.29) is 5.97 Å². The van der Waals surface area contributed by atoms with Crippen molar-refractivity contribution >= 4 is 17.3 Å². The minimum atomic E-state index is -0.321. The average Bonchev–Trinajstić information content (AvgIpc) is 2.46. The molecule has 2 aromatic carbocycles. The van der Waals surface area contributed by atoms with Gasteiger partial charge in [0.25, 0.3) is 0 Å². The van der Waals surface area contributed by atoms with Crippen LogP contribution >= 0.6 is 0 Å². The normalized spacial score (nSPS) is 9.95. The highest BCUT2D eigenvalue weighted by Crippen LogP contribution is 2.12. The van der Waals surface area contributed by atoms with Crippen molar-refractivity contribution in [3.05, 3.63) is 59.7 Å². The monoisotopic (exact) mass is 256 g/mol. The van der Waals surface area contributed by atoms with Gasteiger partial charge in [-0.15, -0.1) is 0 Å². The van der Waals surface area contributed by atoms with Crippen LogP contribution < -0.4 is 11.1 Å². The van der Waals surface area contributed by atoms with Gasteiger partial charge in [0.15, 0.2) is 0 Å². The van der Waals surface area contributed by atoms with Gasteiger partial charge in [-0.3, -0.25) is 0 Å². The van der Waals surface area contributed by atoms with Gasteiger partial charge in [0.05, 0.1) is 12.7 Å². The number of carbonyl (C=O) groups is 1.